The smallest absolute Gasteiger partial charge is 0.295 e. The summed E-state index contributed by atoms with van der Waals surface area (Å²) in [6.07, 6.45) is 1.53. The zero-order valence-electron chi connectivity index (χ0n) is 16.5. The number of nitrogens with zero attached hydrogens (tertiary/aromatic N) is 1. The van der Waals surface area contributed by atoms with Gasteiger partial charge in [-0.05, 0) is 54.8 Å². The molecule has 0 aliphatic carbocycles. The number of rotatable bonds is 5. The highest BCUT2D eigenvalue weighted by Gasteiger charge is 2.47. The number of halogens is 1. The first-order valence-electron chi connectivity index (χ1n) is 9.79. The van der Waals surface area contributed by atoms with Gasteiger partial charge in [-0.25, -0.2) is 4.39 Å². The van der Waals surface area contributed by atoms with Gasteiger partial charge in [-0.15, -0.1) is 0 Å². The second-order valence-corrected chi connectivity index (χ2v) is 7.37. The van der Waals surface area contributed by atoms with Gasteiger partial charge in [-0.1, -0.05) is 12.1 Å². The number of ether oxygens (including phenoxy) is 2. The zero-order valence-corrected chi connectivity index (χ0v) is 16.5. The predicted molar refractivity (Wildman–Crippen MR) is 107 cm³/mol. The Bertz CT molecular complexity index is 995. The Labute approximate surface area is 173 Å². The molecule has 1 N–H and O–H groups in total. The predicted octanol–water partition coefficient (Wildman–Crippen LogP) is 3.44. The van der Waals surface area contributed by atoms with Crippen molar-refractivity contribution in [3.8, 4) is 5.75 Å². The molecule has 2 unspecified atom stereocenters. The number of carbonyl (C=O) groups excluding carboxylic acids is 2. The van der Waals surface area contributed by atoms with E-state index in [9.17, 15) is 19.1 Å². The number of aliphatic hydroxyl groups is 1. The number of methoxy groups -OCH3 is 1. The van der Waals surface area contributed by atoms with E-state index in [1.54, 1.807) is 24.3 Å². The minimum atomic E-state index is -0.797. The molecule has 0 saturated carbocycles. The first-order valence-corrected chi connectivity index (χ1v) is 9.79. The van der Waals surface area contributed by atoms with E-state index >= 15 is 0 Å². The maximum Gasteiger partial charge on any atom is 0.295 e. The molecule has 2 fully saturated rings. The Hall–Kier alpha value is -3.19. The number of benzene rings is 2. The summed E-state index contributed by atoms with van der Waals surface area (Å²) in [6.45, 7) is 0.862. The fraction of sp³-hybridized carbons (Fsp3) is 0.304. The van der Waals surface area contributed by atoms with Gasteiger partial charge in [0.25, 0.3) is 11.7 Å². The fourth-order valence-corrected chi connectivity index (χ4v) is 4.00. The molecule has 1 amide bonds. The second-order valence-electron chi connectivity index (χ2n) is 7.37. The van der Waals surface area contributed by atoms with Crippen LogP contribution in [0.25, 0.3) is 5.76 Å². The van der Waals surface area contributed by atoms with Gasteiger partial charge in [0, 0.05) is 18.7 Å². The highest BCUT2D eigenvalue weighted by Crippen LogP contribution is 2.40. The van der Waals surface area contributed by atoms with Gasteiger partial charge in [-0.2, -0.15) is 0 Å². The van der Waals surface area contributed by atoms with Crippen LogP contribution in [0.2, 0.25) is 0 Å². The number of hydrogen-bond acceptors (Lipinski definition) is 5. The number of likely N-dealkylation sites (tertiary alicyclic amines) is 1. The molecule has 2 aliphatic heterocycles. The standard InChI is InChI=1S/C23H22FNO5/c1-29-17-5-2-4-15(12-17)20-19(21(26)14-7-9-16(24)10-8-14)22(27)23(28)25(20)13-18-6-3-11-30-18/h2,4-5,7-10,12,18,20,26H,3,6,11,13H2,1H3. The molecule has 2 aromatic carbocycles. The maximum atomic E-state index is 13.3. The third-order valence-corrected chi connectivity index (χ3v) is 5.49. The molecule has 0 aromatic heterocycles. The molecule has 7 heteroatoms. The van der Waals surface area contributed by atoms with E-state index in [1.165, 1.54) is 36.3 Å². The van der Waals surface area contributed by atoms with Crippen molar-refractivity contribution in [3.05, 3.63) is 71.0 Å². The number of Topliss-reactive ketones (excluding diaryl/α,β-unsaturated/α-hetero) is 1. The van der Waals surface area contributed by atoms with Crippen molar-refractivity contribution < 1.29 is 28.6 Å². The van der Waals surface area contributed by atoms with Crippen LogP contribution in [0, 0.1) is 5.82 Å². The fourth-order valence-electron chi connectivity index (χ4n) is 4.00. The Balaban J connectivity index is 1.83. The minimum Gasteiger partial charge on any atom is -0.507 e. The average molecular weight is 411 g/mol. The normalized spacial score (nSPS) is 23.2. The minimum absolute atomic E-state index is 0.0298. The van der Waals surface area contributed by atoms with Gasteiger partial charge in [0.2, 0.25) is 0 Å². The van der Waals surface area contributed by atoms with E-state index in [-0.39, 0.29) is 29.5 Å². The Morgan fingerprint density at radius 1 is 1.23 bits per heavy atom. The van der Waals surface area contributed by atoms with Crippen LogP contribution in [0.5, 0.6) is 5.75 Å². The quantitative estimate of drug-likeness (QED) is 0.463. The monoisotopic (exact) mass is 411 g/mol. The lowest BCUT2D eigenvalue weighted by atomic mass is 9.95. The molecule has 30 heavy (non-hydrogen) atoms. The van der Waals surface area contributed by atoms with Gasteiger partial charge in [0.05, 0.1) is 24.8 Å². The summed E-state index contributed by atoms with van der Waals surface area (Å²) in [4.78, 5) is 27.3. The van der Waals surface area contributed by atoms with Crippen LogP contribution in [0.1, 0.15) is 30.0 Å². The summed E-state index contributed by atoms with van der Waals surface area (Å²) in [6, 6.07) is 11.4. The van der Waals surface area contributed by atoms with Crippen molar-refractivity contribution in [3.63, 3.8) is 0 Å². The molecule has 2 aliphatic rings. The number of carbonyl (C=O) groups is 2. The van der Waals surface area contributed by atoms with E-state index in [1.807, 2.05) is 0 Å². The van der Waals surface area contributed by atoms with Crippen molar-refractivity contribution in [1.82, 2.24) is 4.90 Å². The number of aliphatic hydroxyl groups excluding tert-OH is 1. The van der Waals surface area contributed by atoms with Gasteiger partial charge in [0.15, 0.2) is 0 Å². The van der Waals surface area contributed by atoms with Crippen LogP contribution in [0.15, 0.2) is 54.1 Å². The topological polar surface area (TPSA) is 76.1 Å². The van der Waals surface area contributed by atoms with Gasteiger partial charge < -0.3 is 19.5 Å². The zero-order chi connectivity index (χ0) is 21.3. The highest BCUT2D eigenvalue weighted by molar-refractivity contribution is 6.46. The van der Waals surface area contributed by atoms with Crippen LogP contribution < -0.4 is 4.74 Å². The van der Waals surface area contributed by atoms with E-state index in [0.29, 0.717) is 17.9 Å². The van der Waals surface area contributed by atoms with Crippen molar-refractivity contribution in [2.75, 3.05) is 20.3 Å². The molecule has 156 valence electrons. The number of ketones is 1. The second kappa shape index (κ2) is 8.28. The van der Waals surface area contributed by atoms with Gasteiger partial charge >= 0.3 is 0 Å². The van der Waals surface area contributed by atoms with Crippen molar-refractivity contribution in [1.29, 1.82) is 0 Å². The average Bonchev–Trinajstić information content (AvgIpc) is 3.36. The lowest BCUT2D eigenvalue weighted by molar-refractivity contribution is -0.140. The summed E-state index contributed by atoms with van der Waals surface area (Å²) < 4.78 is 24.3. The van der Waals surface area contributed by atoms with Crippen LogP contribution in [-0.2, 0) is 14.3 Å². The van der Waals surface area contributed by atoms with E-state index in [0.717, 1.165) is 12.8 Å². The van der Waals surface area contributed by atoms with E-state index in [2.05, 4.69) is 0 Å². The first-order chi connectivity index (χ1) is 14.5. The van der Waals surface area contributed by atoms with Crippen molar-refractivity contribution >= 4 is 17.4 Å². The Kier molecular flexibility index (Phi) is 5.55. The highest BCUT2D eigenvalue weighted by atomic mass is 19.1. The summed E-state index contributed by atoms with van der Waals surface area (Å²) in [5, 5.41) is 10.9. The summed E-state index contributed by atoms with van der Waals surface area (Å²) in [7, 11) is 1.53. The third-order valence-electron chi connectivity index (χ3n) is 5.49. The molecule has 4 rings (SSSR count). The summed E-state index contributed by atoms with van der Waals surface area (Å²) in [5.41, 5.74) is 0.868. The molecule has 0 spiro atoms. The summed E-state index contributed by atoms with van der Waals surface area (Å²) in [5.74, 6) is -1.70. The largest absolute Gasteiger partial charge is 0.507 e. The molecular formula is C23H22FNO5. The van der Waals surface area contributed by atoms with Crippen LogP contribution in [0.3, 0.4) is 0 Å². The van der Waals surface area contributed by atoms with Crippen molar-refractivity contribution in [2.24, 2.45) is 0 Å². The maximum absolute atomic E-state index is 13.3. The molecule has 2 saturated heterocycles. The third kappa shape index (κ3) is 3.68. The van der Waals surface area contributed by atoms with E-state index < -0.39 is 23.5 Å². The molecule has 2 heterocycles. The molecule has 0 bridgehead atoms. The van der Waals surface area contributed by atoms with E-state index in [4.69, 9.17) is 9.47 Å². The number of amides is 1. The first kappa shape index (κ1) is 20.1. The van der Waals surface area contributed by atoms with Crippen LogP contribution >= 0.6 is 0 Å². The molecule has 6 nitrogen and oxygen atoms in total. The van der Waals surface area contributed by atoms with Gasteiger partial charge in [-0.3, -0.25) is 9.59 Å². The Morgan fingerprint density at radius 3 is 2.67 bits per heavy atom. The summed E-state index contributed by atoms with van der Waals surface area (Å²) >= 11 is 0. The SMILES string of the molecule is COc1cccc(C2C(=C(O)c3ccc(F)cc3)C(=O)C(=O)N2CC2CCCO2)c1. The van der Waals surface area contributed by atoms with Crippen molar-refractivity contribution in [2.45, 2.75) is 25.0 Å². The lowest BCUT2D eigenvalue weighted by Gasteiger charge is -2.27. The molecule has 2 aromatic rings. The van der Waals surface area contributed by atoms with Crippen LogP contribution in [0.4, 0.5) is 4.39 Å². The van der Waals surface area contributed by atoms with Crippen LogP contribution in [-0.4, -0.2) is 48.1 Å². The number of hydrogen-bond donors (Lipinski definition) is 1. The molecular weight excluding hydrogens is 389 g/mol. The van der Waals surface area contributed by atoms with Gasteiger partial charge in [0.1, 0.15) is 17.3 Å². The molecule has 2 atom stereocenters. The lowest BCUT2D eigenvalue weighted by Crippen LogP contribution is -2.36. The Morgan fingerprint density at radius 2 is 2.00 bits per heavy atom. The molecule has 0 radical (unpaired) electrons.